The van der Waals surface area contributed by atoms with Gasteiger partial charge in [0, 0.05) is 0 Å². The minimum absolute atomic E-state index is 0.332. The zero-order chi connectivity index (χ0) is 12.7. The second kappa shape index (κ2) is 3.79. The van der Waals surface area contributed by atoms with Crippen LogP contribution in [0.1, 0.15) is 75.7 Å². The van der Waals surface area contributed by atoms with Gasteiger partial charge in [0.15, 0.2) is 0 Å². The van der Waals surface area contributed by atoms with Gasteiger partial charge in [-0.2, -0.15) is 0 Å². The minimum Gasteiger partial charge on any atom is -0.0648 e. The Kier molecular flexibility index (Phi) is 3.79. The summed E-state index contributed by atoms with van der Waals surface area (Å²) in [6.45, 7) is 23.9. The first-order valence-electron chi connectivity index (χ1n) is 6.31. The highest BCUT2D eigenvalue weighted by Crippen LogP contribution is 2.63. The molecule has 0 aliphatic carbocycles. The van der Waals surface area contributed by atoms with Gasteiger partial charge in [-0.1, -0.05) is 69.2 Å². The molecule has 0 aromatic heterocycles. The van der Waals surface area contributed by atoms with Crippen LogP contribution in [0.4, 0.5) is 0 Å². The third kappa shape index (κ3) is 2.24. The molecule has 0 heteroatoms. The Labute approximate surface area is 97.8 Å². The first-order valence-corrected chi connectivity index (χ1v) is 6.31. The highest BCUT2D eigenvalue weighted by molar-refractivity contribution is 5.04. The summed E-state index contributed by atoms with van der Waals surface area (Å²) in [6.07, 6.45) is 1.24. The molecule has 0 heterocycles. The smallest absolute Gasteiger partial charge is 0.0154 e. The molecule has 92 valence electrons. The average molecular weight is 212 g/mol. The Bertz CT molecular complexity index is 166. The van der Waals surface area contributed by atoms with Crippen LogP contribution in [0.2, 0.25) is 0 Å². The third-order valence-electron chi connectivity index (χ3n) is 4.37. The lowest BCUT2D eigenvalue weighted by Gasteiger charge is -2.61. The maximum absolute atomic E-state index is 2.40. The van der Waals surface area contributed by atoms with Crippen molar-refractivity contribution in [3.63, 3.8) is 0 Å². The van der Waals surface area contributed by atoms with Gasteiger partial charge in [0.05, 0.1) is 0 Å². The Hall–Kier alpha value is 0. The summed E-state index contributed by atoms with van der Waals surface area (Å²) in [6, 6.07) is 0. The van der Waals surface area contributed by atoms with Crippen molar-refractivity contribution in [3.05, 3.63) is 0 Å². The monoisotopic (exact) mass is 212 g/mol. The Morgan fingerprint density at radius 3 is 0.733 bits per heavy atom. The molecule has 15 heavy (non-hydrogen) atoms. The fourth-order valence-electron chi connectivity index (χ4n) is 4.97. The maximum atomic E-state index is 2.40. The molecule has 0 unspecified atom stereocenters. The van der Waals surface area contributed by atoms with Crippen LogP contribution in [0.5, 0.6) is 0 Å². The topological polar surface area (TPSA) is 0 Å². The molecule has 0 saturated heterocycles. The molecule has 0 aromatic carbocycles. The van der Waals surface area contributed by atoms with Crippen LogP contribution in [0, 0.1) is 21.7 Å². The normalized spacial score (nSPS) is 15.6. The summed E-state index contributed by atoms with van der Waals surface area (Å²) in [5.74, 6) is 0. The summed E-state index contributed by atoms with van der Waals surface area (Å²) >= 11 is 0. The molecular weight excluding hydrogens is 180 g/mol. The minimum atomic E-state index is 0.332. The molecule has 0 fully saturated rings. The lowest BCUT2D eigenvalue weighted by atomic mass is 9.43. The van der Waals surface area contributed by atoms with Crippen LogP contribution in [0.15, 0.2) is 0 Å². The van der Waals surface area contributed by atoms with Crippen molar-refractivity contribution in [2.45, 2.75) is 75.7 Å². The van der Waals surface area contributed by atoms with E-state index in [1.54, 1.807) is 0 Å². The standard InChI is InChI=1S/C15H32/c1-11-15(12(2,3)4,13(5,6)7)14(8,9)10/h11H2,1-10H3. The number of hydrogen-bond donors (Lipinski definition) is 0. The van der Waals surface area contributed by atoms with Gasteiger partial charge < -0.3 is 0 Å². The lowest BCUT2D eigenvalue weighted by Crippen LogP contribution is -2.54. The second-order valence-electron chi connectivity index (χ2n) is 8.01. The van der Waals surface area contributed by atoms with E-state index in [1.807, 2.05) is 0 Å². The van der Waals surface area contributed by atoms with Gasteiger partial charge >= 0.3 is 0 Å². The zero-order valence-corrected chi connectivity index (χ0v) is 12.7. The molecule has 0 atom stereocenters. The van der Waals surface area contributed by atoms with E-state index in [2.05, 4.69) is 69.2 Å². The van der Waals surface area contributed by atoms with E-state index in [9.17, 15) is 0 Å². The quantitative estimate of drug-likeness (QED) is 0.537. The van der Waals surface area contributed by atoms with E-state index in [1.165, 1.54) is 6.42 Å². The van der Waals surface area contributed by atoms with Crippen LogP contribution in [-0.2, 0) is 0 Å². The molecule has 0 aliphatic heterocycles. The van der Waals surface area contributed by atoms with Crippen molar-refractivity contribution in [2.75, 3.05) is 0 Å². The molecule has 0 bridgehead atoms. The van der Waals surface area contributed by atoms with E-state index >= 15 is 0 Å². The van der Waals surface area contributed by atoms with E-state index in [4.69, 9.17) is 0 Å². The van der Waals surface area contributed by atoms with Gasteiger partial charge in [-0.15, -0.1) is 0 Å². The summed E-state index contributed by atoms with van der Waals surface area (Å²) in [7, 11) is 0. The summed E-state index contributed by atoms with van der Waals surface area (Å²) in [5.41, 5.74) is 1.35. The number of hydrogen-bond acceptors (Lipinski definition) is 0. The average Bonchev–Trinajstić information content (AvgIpc) is 1.76. The van der Waals surface area contributed by atoms with Gasteiger partial charge in [0.25, 0.3) is 0 Å². The molecule has 0 N–H and O–H groups in total. The predicted octanol–water partition coefficient (Wildman–Crippen LogP) is 5.52. The molecular formula is C15H32. The summed E-state index contributed by atoms with van der Waals surface area (Å²) in [4.78, 5) is 0. The molecule has 0 aliphatic rings. The summed E-state index contributed by atoms with van der Waals surface area (Å²) < 4.78 is 0. The highest BCUT2D eigenvalue weighted by Gasteiger charge is 2.55. The molecule has 0 nitrogen and oxygen atoms in total. The second-order valence-corrected chi connectivity index (χ2v) is 8.01. The molecule has 0 spiro atoms. The van der Waals surface area contributed by atoms with Gasteiger partial charge in [-0.05, 0) is 28.1 Å². The first kappa shape index (κ1) is 15.0. The lowest BCUT2D eigenvalue weighted by molar-refractivity contribution is -0.125. The van der Waals surface area contributed by atoms with Gasteiger partial charge in [-0.25, -0.2) is 0 Å². The van der Waals surface area contributed by atoms with Crippen molar-refractivity contribution >= 4 is 0 Å². The Morgan fingerprint density at radius 2 is 0.733 bits per heavy atom. The van der Waals surface area contributed by atoms with Crippen LogP contribution >= 0.6 is 0 Å². The first-order chi connectivity index (χ1) is 6.31. The fraction of sp³-hybridized carbons (Fsp3) is 1.00. The van der Waals surface area contributed by atoms with E-state index in [-0.39, 0.29) is 0 Å². The van der Waals surface area contributed by atoms with Crippen LogP contribution in [0.3, 0.4) is 0 Å². The maximum Gasteiger partial charge on any atom is -0.0154 e. The molecule has 0 radical (unpaired) electrons. The largest absolute Gasteiger partial charge is 0.0648 e. The number of rotatable bonds is 1. The van der Waals surface area contributed by atoms with Crippen LogP contribution in [-0.4, -0.2) is 0 Å². The SMILES string of the molecule is CCC(C(C)(C)C)(C(C)(C)C)C(C)(C)C. The third-order valence-corrected chi connectivity index (χ3v) is 4.37. The molecule has 0 rings (SSSR count). The fourth-order valence-corrected chi connectivity index (χ4v) is 4.97. The van der Waals surface area contributed by atoms with Crippen molar-refractivity contribution in [1.29, 1.82) is 0 Å². The highest BCUT2D eigenvalue weighted by atomic mass is 14.6. The van der Waals surface area contributed by atoms with Gasteiger partial charge in [0.2, 0.25) is 0 Å². The van der Waals surface area contributed by atoms with Crippen molar-refractivity contribution in [3.8, 4) is 0 Å². The van der Waals surface area contributed by atoms with Crippen LogP contribution in [0.25, 0.3) is 0 Å². The molecule has 0 saturated carbocycles. The van der Waals surface area contributed by atoms with E-state index in [0.717, 1.165) is 0 Å². The van der Waals surface area contributed by atoms with Gasteiger partial charge in [-0.3, -0.25) is 0 Å². The Morgan fingerprint density at radius 1 is 0.533 bits per heavy atom. The Balaban J connectivity index is 5.78. The van der Waals surface area contributed by atoms with E-state index in [0.29, 0.717) is 21.7 Å². The molecule has 0 amide bonds. The van der Waals surface area contributed by atoms with Crippen molar-refractivity contribution in [1.82, 2.24) is 0 Å². The zero-order valence-electron chi connectivity index (χ0n) is 12.7. The predicted molar refractivity (Wildman–Crippen MR) is 71.1 cm³/mol. The molecule has 0 aromatic rings. The van der Waals surface area contributed by atoms with Crippen LogP contribution < -0.4 is 0 Å². The van der Waals surface area contributed by atoms with Gasteiger partial charge in [0.1, 0.15) is 0 Å². The van der Waals surface area contributed by atoms with E-state index < -0.39 is 0 Å². The van der Waals surface area contributed by atoms with Crippen molar-refractivity contribution < 1.29 is 0 Å². The summed E-state index contributed by atoms with van der Waals surface area (Å²) in [5, 5.41) is 0. The van der Waals surface area contributed by atoms with Crippen molar-refractivity contribution in [2.24, 2.45) is 21.7 Å².